The molecule has 0 bridgehead atoms. The molecule has 7 nitrogen and oxygen atoms in total. The van der Waals surface area contributed by atoms with Crippen molar-refractivity contribution in [3.63, 3.8) is 0 Å². The van der Waals surface area contributed by atoms with Gasteiger partial charge in [0.15, 0.2) is 0 Å². The molecule has 2 amide bonds. The van der Waals surface area contributed by atoms with E-state index in [1.165, 1.54) is 24.1 Å². The molecule has 0 unspecified atom stereocenters. The van der Waals surface area contributed by atoms with Crippen molar-refractivity contribution in [3.05, 3.63) is 64.1 Å². The highest BCUT2D eigenvalue weighted by molar-refractivity contribution is 9.10. The van der Waals surface area contributed by atoms with Crippen molar-refractivity contribution < 1.29 is 18.0 Å². The lowest BCUT2D eigenvalue weighted by atomic mass is 10.1. The minimum absolute atomic E-state index is 0.115. The summed E-state index contributed by atoms with van der Waals surface area (Å²) in [7, 11) is -2.48. The van der Waals surface area contributed by atoms with Crippen LogP contribution in [0.4, 0.5) is 0 Å². The maximum absolute atomic E-state index is 13.3. The minimum atomic E-state index is -3.85. The molecular weight excluding hydrogens is 506 g/mol. The number of benzene rings is 2. The van der Waals surface area contributed by atoms with Gasteiger partial charge in [-0.1, -0.05) is 59.6 Å². The molecule has 0 saturated heterocycles. The van der Waals surface area contributed by atoms with Crippen LogP contribution in [0.1, 0.15) is 31.9 Å². The predicted molar refractivity (Wildman–Crippen MR) is 133 cm³/mol. The molecule has 9 heteroatoms. The van der Waals surface area contributed by atoms with Crippen LogP contribution in [0.3, 0.4) is 0 Å². The van der Waals surface area contributed by atoms with Gasteiger partial charge in [0, 0.05) is 24.6 Å². The van der Waals surface area contributed by atoms with Gasteiger partial charge in [-0.05, 0) is 49.6 Å². The van der Waals surface area contributed by atoms with E-state index in [1.54, 1.807) is 19.1 Å². The fourth-order valence-corrected chi connectivity index (χ4v) is 4.69. The summed E-state index contributed by atoms with van der Waals surface area (Å²) in [4.78, 5) is 27.6. The van der Waals surface area contributed by atoms with Crippen LogP contribution < -0.4 is 5.32 Å². The van der Waals surface area contributed by atoms with Crippen molar-refractivity contribution in [2.75, 3.05) is 20.1 Å². The second-order valence-electron chi connectivity index (χ2n) is 8.54. The Balaban J connectivity index is 2.25. The fraction of sp³-hybridized carbons (Fsp3) is 0.417. The molecule has 0 aliphatic heterocycles. The molecule has 2 rings (SSSR count). The molecule has 1 atom stereocenters. The molecule has 0 aromatic heterocycles. The number of amides is 2. The predicted octanol–water partition coefficient (Wildman–Crippen LogP) is 3.57. The Kier molecular flexibility index (Phi) is 9.63. The number of sulfonamides is 1. The number of carbonyl (C=O) groups is 2. The van der Waals surface area contributed by atoms with Crippen LogP contribution in [0, 0.1) is 12.8 Å². The molecule has 1 N–H and O–H groups in total. The van der Waals surface area contributed by atoms with E-state index < -0.39 is 22.0 Å². The first-order valence-corrected chi connectivity index (χ1v) is 13.0. The molecule has 2 aromatic carbocycles. The van der Waals surface area contributed by atoms with Gasteiger partial charge < -0.3 is 10.2 Å². The van der Waals surface area contributed by atoms with Crippen LogP contribution in [-0.2, 0) is 26.2 Å². The molecule has 0 aliphatic rings. The average molecular weight is 539 g/mol. The summed E-state index contributed by atoms with van der Waals surface area (Å²) in [6.07, 6.45) is 0. The monoisotopic (exact) mass is 537 g/mol. The minimum Gasteiger partial charge on any atom is -0.354 e. The zero-order valence-corrected chi connectivity index (χ0v) is 22.1. The molecule has 0 spiro atoms. The number of halogens is 1. The normalized spacial score (nSPS) is 12.6. The molecule has 0 radical (unpaired) electrons. The van der Waals surface area contributed by atoms with Gasteiger partial charge in [0.05, 0.1) is 11.4 Å². The SMILES string of the molecule is Cc1ccc(S(=O)(=O)N(C)CC(=O)N(Cc2cccc(Br)c2)[C@H](C)C(=O)NCC(C)C)cc1. The Hall–Kier alpha value is -2.23. The van der Waals surface area contributed by atoms with E-state index in [9.17, 15) is 18.0 Å². The van der Waals surface area contributed by atoms with Gasteiger partial charge >= 0.3 is 0 Å². The van der Waals surface area contributed by atoms with Crippen molar-refractivity contribution in [2.24, 2.45) is 5.92 Å². The summed E-state index contributed by atoms with van der Waals surface area (Å²) < 4.78 is 27.8. The number of nitrogens with one attached hydrogen (secondary N) is 1. The Morgan fingerprint density at radius 2 is 1.70 bits per heavy atom. The van der Waals surface area contributed by atoms with E-state index in [0.29, 0.717) is 6.54 Å². The fourth-order valence-electron chi connectivity index (χ4n) is 3.12. The Morgan fingerprint density at radius 1 is 1.06 bits per heavy atom. The lowest BCUT2D eigenvalue weighted by molar-refractivity contribution is -0.140. The lowest BCUT2D eigenvalue weighted by Gasteiger charge is -2.30. The van der Waals surface area contributed by atoms with E-state index in [-0.39, 0.29) is 29.8 Å². The van der Waals surface area contributed by atoms with Gasteiger partial charge in [-0.15, -0.1) is 0 Å². The zero-order chi connectivity index (χ0) is 24.8. The lowest BCUT2D eigenvalue weighted by Crippen LogP contribution is -2.51. The van der Waals surface area contributed by atoms with Gasteiger partial charge in [0.2, 0.25) is 21.8 Å². The van der Waals surface area contributed by atoms with Crippen molar-refractivity contribution in [1.82, 2.24) is 14.5 Å². The highest BCUT2D eigenvalue weighted by atomic mass is 79.9. The highest BCUT2D eigenvalue weighted by Gasteiger charge is 2.30. The van der Waals surface area contributed by atoms with Crippen LogP contribution >= 0.6 is 15.9 Å². The van der Waals surface area contributed by atoms with Crippen LogP contribution in [-0.4, -0.2) is 55.6 Å². The van der Waals surface area contributed by atoms with E-state index in [0.717, 1.165) is 19.9 Å². The van der Waals surface area contributed by atoms with E-state index >= 15 is 0 Å². The molecule has 0 heterocycles. The number of nitrogens with zero attached hydrogens (tertiary/aromatic N) is 2. The molecule has 0 fully saturated rings. The number of likely N-dealkylation sites (N-methyl/N-ethyl adjacent to an activating group) is 1. The number of aryl methyl sites for hydroxylation is 1. The van der Waals surface area contributed by atoms with Gasteiger partial charge in [-0.3, -0.25) is 9.59 Å². The van der Waals surface area contributed by atoms with Crippen molar-refractivity contribution in [1.29, 1.82) is 0 Å². The van der Waals surface area contributed by atoms with Crippen LogP contribution in [0.2, 0.25) is 0 Å². The van der Waals surface area contributed by atoms with Crippen LogP contribution in [0.5, 0.6) is 0 Å². The molecule has 0 saturated carbocycles. The number of rotatable bonds is 10. The first-order chi connectivity index (χ1) is 15.4. The topological polar surface area (TPSA) is 86.8 Å². The third-order valence-electron chi connectivity index (χ3n) is 5.18. The summed E-state index contributed by atoms with van der Waals surface area (Å²) >= 11 is 3.42. The molecule has 33 heavy (non-hydrogen) atoms. The van der Waals surface area contributed by atoms with E-state index in [2.05, 4.69) is 21.2 Å². The maximum atomic E-state index is 13.3. The van der Waals surface area contributed by atoms with Crippen molar-refractivity contribution in [2.45, 2.75) is 45.2 Å². The smallest absolute Gasteiger partial charge is 0.243 e. The Labute approximate surface area is 205 Å². The van der Waals surface area contributed by atoms with Gasteiger partial charge in [-0.25, -0.2) is 8.42 Å². The average Bonchev–Trinajstić information content (AvgIpc) is 2.75. The van der Waals surface area contributed by atoms with E-state index in [1.807, 2.05) is 45.0 Å². The Morgan fingerprint density at radius 3 is 2.27 bits per heavy atom. The number of carbonyl (C=O) groups excluding carboxylic acids is 2. The molecule has 180 valence electrons. The first kappa shape index (κ1) is 27.0. The largest absolute Gasteiger partial charge is 0.354 e. The van der Waals surface area contributed by atoms with E-state index in [4.69, 9.17) is 0 Å². The van der Waals surface area contributed by atoms with Gasteiger partial charge in [-0.2, -0.15) is 4.31 Å². The summed E-state index contributed by atoms with van der Waals surface area (Å²) in [5, 5.41) is 2.86. The number of hydrogen-bond donors (Lipinski definition) is 1. The standard InChI is InChI=1S/C24H32BrN3O4S/c1-17(2)14-26-24(30)19(4)28(15-20-7-6-8-21(25)13-20)23(29)16-27(5)33(31,32)22-11-9-18(3)10-12-22/h6-13,17,19H,14-16H2,1-5H3,(H,26,30)/t19-/m1/s1. The zero-order valence-electron chi connectivity index (χ0n) is 19.7. The quantitative estimate of drug-likeness (QED) is 0.501. The van der Waals surface area contributed by atoms with Gasteiger partial charge in [0.1, 0.15) is 6.04 Å². The third-order valence-corrected chi connectivity index (χ3v) is 7.49. The second kappa shape index (κ2) is 11.8. The summed E-state index contributed by atoms with van der Waals surface area (Å²) in [5.41, 5.74) is 1.76. The van der Waals surface area contributed by atoms with Crippen molar-refractivity contribution in [3.8, 4) is 0 Å². The summed E-state index contributed by atoms with van der Waals surface area (Å²) in [6.45, 7) is 7.78. The molecular formula is C24H32BrN3O4S. The highest BCUT2D eigenvalue weighted by Crippen LogP contribution is 2.18. The summed E-state index contributed by atoms with van der Waals surface area (Å²) in [6, 6.07) is 13.1. The third kappa shape index (κ3) is 7.65. The number of hydrogen-bond acceptors (Lipinski definition) is 4. The molecule has 0 aliphatic carbocycles. The molecule has 2 aromatic rings. The van der Waals surface area contributed by atoms with Crippen LogP contribution in [0.25, 0.3) is 0 Å². The van der Waals surface area contributed by atoms with Gasteiger partial charge in [0.25, 0.3) is 0 Å². The Bertz CT molecular complexity index is 1070. The summed E-state index contributed by atoms with van der Waals surface area (Å²) in [5.74, 6) is -0.474. The van der Waals surface area contributed by atoms with Crippen molar-refractivity contribution >= 4 is 37.8 Å². The second-order valence-corrected chi connectivity index (χ2v) is 11.5. The maximum Gasteiger partial charge on any atom is 0.243 e. The van der Waals surface area contributed by atoms with Crippen LogP contribution in [0.15, 0.2) is 57.9 Å². The first-order valence-electron chi connectivity index (χ1n) is 10.8.